The fourth-order valence-electron chi connectivity index (χ4n) is 2.92. The topological polar surface area (TPSA) is 75.7 Å². The number of hydrogen-bond donors (Lipinski definition) is 1. The number of nitrogens with zero attached hydrogens (tertiary/aromatic N) is 1. The number of amides is 1. The van der Waals surface area contributed by atoms with Gasteiger partial charge >= 0.3 is 0 Å². The van der Waals surface area contributed by atoms with Crippen LogP contribution in [0.15, 0.2) is 76.1 Å². The lowest BCUT2D eigenvalue weighted by Crippen LogP contribution is -2.21. The van der Waals surface area contributed by atoms with Gasteiger partial charge in [-0.15, -0.1) is 0 Å². The van der Waals surface area contributed by atoms with Crippen LogP contribution in [0.2, 0.25) is 0 Å². The maximum absolute atomic E-state index is 13.1. The van der Waals surface area contributed by atoms with Crippen LogP contribution in [0.5, 0.6) is 5.75 Å². The molecule has 0 radical (unpaired) electrons. The van der Waals surface area contributed by atoms with Crippen LogP contribution < -0.4 is 9.46 Å². The lowest BCUT2D eigenvalue weighted by Gasteiger charge is -2.14. The van der Waals surface area contributed by atoms with Crippen molar-refractivity contribution in [2.24, 2.45) is 0 Å². The van der Waals surface area contributed by atoms with Crippen molar-refractivity contribution in [1.82, 2.24) is 4.90 Å². The van der Waals surface area contributed by atoms with E-state index >= 15 is 0 Å². The van der Waals surface area contributed by atoms with Crippen LogP contribution in [0, 0.1) is 0 Å². The quantitative estimate of drug-likeness (QED) is 0.548. The molecule has 0 saturated carbocycles. The van der Waals surface area contributed by atoms with Crippen molar-refractivity contribution in [2.45, 2.75) is 4.90 Å². The Hall–Kier alpha value is -2.84. The summed E-state index contributed by atoms with van der Waals surface area (Å²) in [5.41, 5.74) is 2.32. The zero-order valence-corrected chi connectivity index (χ0v) is 19.1. The van der Waals surface area contributed by atoms with Gasteiger partial charge in [0.1, 0.15) is 10.6 Å². The van der Waals surface area contributed by atoms with Crippen molar-refractivity contribution in [3.05, 3.63) is 76.8 Å². The Balaban J connectivity index is 2.04. The van der Waals surface area contributed by atoms with E-state index in [1.54, 1.807) is 74.8 Å². The van der Waals surface area contributed by atoms with E-state index in [1.165, 1.54) is 12.0 Å². The zero-order chi connectivity index (χ0) is 21.9. The van der Waals surface area contributed by atoms with Crippen molar-refractivity contribution >= 4 is 37.5 Å². The Kier molecular flexibility index (Phi) is 6.48. The standard InChI is InChI=1S/C22H21BrN2O4S/c1-25(2)22(26)17-7-4-6-15(12-17)16-10-11-20(29-3)21(13-16)30(27,28)24-19-9-5-8-18(23)14-19/h4-14,24H,1-3H3. The molecule has 0 bridgehead atoms. The van der Waals surface area contributed by atoms with E-state index in [0.29, 0.717) is 16.8 Å². The summed E-state index contributed by atoms with van der Waals surface area (Å²) in [5, 5.41) is 0. The molecule has 156 valence electrons. The number of sulfonamides is 1. The predicted octanol–water partition coefficient (Wildman–Crippen LogP) is 4.63. The van der Waals surface area contributed by atoms with Gasteiger partial charge in [-0.05, 0) is 53.6 Å². The van der Waals surface area contributed by atoms with Crippen molar-refractivity contribution in [2.75, 3.05) is 25.9 Å². The highest BCUT2D eigenvalue weighted by Gasteiger charge is 2.21. The fourth-order valence-corrected chi connectivity index (χ4v) is 4.56. The van der Waals surface area contributed by atoms with Gasteiger partial charge in [0.2, 0.25) is 0 Å². The summed E-state index contributed by atoms with van der Waals surface area (Å²) in [5.74, 6) is 0.0938. The highest BCUT2D eigenvalue weighted by molar-refractivity contribution is 9.10. The molecule has 0 unspecified atom stereocenters. The molecular weight excluding hydrogens is 468 g/mol. The van der Waals surface area contributed by atoms with Crippen molar-refractivity contribution < 1.29 is 17.9 Å². The third-order valence-corrected chi connectivity index (χ3v) is 6.27. The van der Waals surface area contributed by atoms with Gasteiger partial charge < -0.3 is 9.64 Å². The largest absolute Gasteiger partial charge is 0.495 e. The van der Waals surface area contributed by atoms with E-state index in [4.69, 9.17) is 4.74 Å². The Morgan fingerprint density at radius 2 is 1.67 bits per heavy atom. The van der Waals surface area contributed by atoms with Gasteiger partial charge in [0.15, 0.2) is 0 Å². The molecule has 0 aliphatic carbocycles. The molecule has 1 N–H and O–H groups in total. The summed E-state index contributed by atoms with van der Waals surface area (Å²) in [6, 6.07) is 18.8. The SMILES string of the molecule is COc1ccc(-c2cccc(C(=O)N(C)C)c2)cc1S(=O)(=O)Nc1cccc(Br)c1. The van der Waals surface area contributed by atoms with Crippen molar-refractivity contribution in [3.8, 4) is 16.9 Å². The lowest BCUT2D eigenvalue weighted by atomic mass is 10.0. The number of hydrogen-bond acceptors (Lipinski definition) is 4. The molecule has 0 aliphatic heterocycles. The minimum atomic E-state index is -3.91. The number of benzene rings is 3. The lowest BCUT2D eigenvalue weighted by molar-refractivity contribution is 0.0827. The van der Waals surface area contributed by atoms with E-state index in [9.17, 15) is 13.2 Å². The minimum absolute atomic E-state index is 0.00631. The normalized spacial score (nSPS) is 11.1. The number of carbonyl (C=O) groups excluding carboxylic acids is 1. The molecule has 0 aromatic heterocycles. The second-order valence-corrected chi connectivity index (χ2v) is 9.33. The molecule has 30 heavy (non-hydrogen) atoms. The van der Waals surface area contributed by atoms with E-state index in [0.717, 1.165) is 10.0 Å². The Labute approximate surface area is 184 Å². The molecule has 0 atom stereocenters. The number of ether oxygens (including phenoxy) is 1. The average Bonchev–Trinajstić information content (AvgIpc) is 2.72. The molecule has 0 aliphatic rings. The maximum Gasteiger partial charge on any atom is 0.265 e. The van der Waals surface area contributed by atoms with Crippen molar-refractivity contribution in [3.63, 3.8) is 0 Å². The predicted molar refractivity (Wildman–Crippen MR) is 121 cm³/mol. The Morgan fingerprint density at radius 3 is 2.33 bits per heavy atom. The summed E-state index contributed by atoms with van der Waals surface area (Å²) in [4.78, 5) is 13.8. The molecule has 6 nitrogen and oxygen atoms in total. The van der Waals surface area contributed by atoms with E-state index in [-0.39, 0.29) is 16.6 Å². The van der Waals surface area contributed by atoms with E-state index in [2.05, 4.69) is 20.7 Å². The maximum atomic E-state index is 13.1. The van der Waals surface area contributed by atoms with Crippen LogP contribution in [0.3, 0.4) is 0 Å². The first-order valence-corrected chi connectivity index (χ1v) is 11.3. The van der Waals surface area contributed by atoms with Gasteiger partial charge in [-0.25, -0.2) is 8.42 Å². The van der Waals surface area contributed by atoms with E-state index in [1.807, 2.05) is 6.07 Å². The molecule has 1 amide bonds. The van der Waals surface area contributed by atoms with Crippen LogP contribution in [0.25, 0.3) is 11.1 Å². The van der Waals surface area contributed by atoms with Gasteiger partial charge in [0.05, 0.1) is 7.11 Å². The second kappa shape index (κ2) is 8.89. The van der Waals surface area contributed by atoms with Gasteiger partial charge in [-0.2, -0.15) is 0 Å². The molecule has 3 aromatic rings. The summed E-state index contributed by atoms with van der Waals surface area (Å²) in [7, 11) is 0.868. The third kappa shape index (κ3) is 4.83. The molecule has 0 spiro atoms. The minimum Gasteiger partial charge on any atom is -0.495 e. The molecule has 0 heterocycles. The average molecular weight is 489 g/mol. The summed E-state index contributed by atoms with van der Waals surface area (Å²) < 4.78 is 34.8. The molecule has 3 rings (SSSR count). The Bertz CT molecular complexity index is 1190. The molecule has 0 fully saturated rings. The first-order valence-electron chi connectivity index (χ1n) is 9.00. The highest BCUT2D eigenvalue weighted by Crippen LogP contribution is 2.32. The third-order valence-electron chi connectivity index (χ3n) is 4.38. The van der Waals surface area contributed by atoms with Crippen LogP contribution in [0.4, 0.5) is 5.69 Å². The molecule has 0 saturated heterocycles. The monoisotopic (exact) mass is 488 g/mol. The van der Waals surface area contributed by atoms with Crippen LogP contribution >= 0.6 is 15.9 Å². The highest BCUT2D eigenvalue weighted by atomic mass is 79.9. The fraction of sp³-hybridized carbons (Fsp3) is 0.136. The number of rotatable bonds is 6. The molecule has 3 aromatic carbocycles. The smallest absolute Gasteiger partial charge is 0.265 e. The number of anilines is 1. The second-order valence-electron chi connectivity index (χ2n) is 6.76. The van der Waals surface area contributed by atoms with E-state index < -0.39 is 10.0 Å². The van der Waals surface area contributed by atoms with Crippen molar-refractivity contribution in [1.29, 1.82) is 0 Å². The number of carbonyl (C=O) groups is 1. The first-order chi connectivity index (χ1) is 14.2. The molecule has 8 heteroatoms. The van der Waals surface area contributed by atoms with Gasteiger partial charge in [0.25, 0.3) is 15.9 Å². The summed E-state index contributed by atoms with van der Waals surface area (Å²) >= 11 is 3.33. The number of halogens is 1. The summed E-state index contributed by atoms with van der Waals surface area (Å²) in [6.45, 7) is 0. The van der Waals surface area contributed by atoms with Gasteiger partial charge in [0, 0.05) is 29.8 Å². The Morgan fingerprint density at radius 1 is 0.967 bits per heavy atom. The first kappa shape index (κ1) is 21.9. The molecular formula is C22H21BrN2O4S. The van der Waals surface area contributed by atoms with Crippen LogP contribution in [-0.2, 0) is 10.0 Å². The van der Waals surface area contributed by atoms with Gasteiger partial charge in [-0.3, -0.25) is 9.52 Å². The number of methoxy groups -OCH3 is 1. The van der Waals surface area contributed by atoms with Crippen LogP contribution in [-0.4, -0.2) is 40.4 Å². The zero-order valence-electron chi connectivity index (χ0n) is 16.7. The van der Waals surface area contributed by atoms with Gasteiger partial charge in [-0.1, -0.05) is 40.2 Å². The summed E-state index contributed by atoms with van der Waals surface area (Å²) in [6.07, 6.45) is 0. The van der Waals surface area contributed by atoms with Crippen LogP contribution in [0.1, 0.15) is 10.4 Å². The number of nitrogens with one attached hydrogen (secondary N) is 1.